The molecule has 0 aliphatic heterocycles. The number of aromatic nitrogens is 2. The van der Waals surface area contributed by atoms with Crippen LogP contribution in [0.2, 0.25) is 0 Å². The fourth-order valence-corrected chi connectivity index (χ4v) is 8.28. The number of hydrogen-bond donors (Lipinski definition) is 6. The first-order chi connectivity index (χ1) is 34.1. The first-order valence-corrected chi connectivity index (χ1v) is 23.6. The first-order valence-electron chi connectivity index (χ1n) is 21.7. The van der Waals surface area contributed by atoms with Crippen LogP contribution in [-0.2, 0) is 4.79 Å². The van der Waals surface area contributed by atoms with Gasteiger partial charge in [0.1, 0.15) is 11.1 Å². The summed E-state index contributed by atoms with van der Waals surface area (Å²) in [5.41, 5.74) is 2.21. The highest BCUT2D eigenvalue weighted by Gasteiger charge is 2.37. The zero-order valence-corrected chi connectivity index (χ0v) is 39.2. The SMILES string of the molecule is CNc1ccccc1.O=C(NCCCSC1=CC(=O)c2onc(C(=O)Nc3ccccc3)c2C1=O)Nc1ccccc1.O=CNCCCCSC1=CC(=O)c2onc(C(=O)Nc3ccccc3)c2C1=O. The van der Waals surface area contributed by atoms with Crippen molar-refractivity contribution in [3.63, 3.8) is 0 Å². The molecule has 20 heteroatoms. The number of amides is 5. The van der Waals surface area contributed by atoms with E-state index in [9.17, 15) is 38.4 Å². The van der Waals surface area contributed by atoms with Crippen LogP contribution in [0.4, 0.5) is 27.5 Å². The number of carbonyl (C=O) groups is 8. The van der Waals surface area contributed by atoms with Gasteiger partial charge in [-0.25, -0.2) is 4.79 Å². The third-order valence-electron chi connectivity index (χ3n) is 9.77. The highest BCUT2D eigenvalue weighted by atomic mass is 32.2. The lowest BCUT2D eigenvalue weighted by Crippen LogP contribution is -2.29. The highest BCUT2D eigenvalue weighted by Crippen LogP contribution is 2.33. The van der Waals surface area contributed by atoms with Crippen LogP contribution in [0.3, 0.4) is 0 Å². The molecular weight excluding hydrogens is 937 g/mol. The molecule has 2 heterocycles. The second-order valence-corrected chi connectivity index (χ2v) is 17.0. The number of nitrogens with one attached hydrogen (secondary N) is 6. The van der Waals surface area contributed by atoms with Crippen molar-refractivity contribution in [3.05, 3.63) is 177 Å². The van der Waals surface area contributed by atoms with E-state index in [1.54, 1.807) is 72.8 Å². The van der Waals surface area contributed by atoms with E-state index in [1.807, 2.05) is 55.6 Å². The van der Waals surface area contributed by atoms with Crippen molar-refractivity contribution in [2.24, 2.45) is 0 Å². The smallest absolute Gasteiger partial charge is 0.319 e. The molecule has 358 valence electrons. The first kappa shape index (κ1) is 51.0. The fourth-order valence-electron chi connectivity index (χ4n) is 6.36. The Morgan fingerprint density at radius 1 is 0.543 bits per heavy atom. The number of ketones is 4. The summed E-state index contributed by atoms with van der Waals surface area (Å²) in [6.07, 6.45) is 5.10. The maximum Gasteiger partial charge on any atom is 0.319 e. The monoisotopic (exact) mass is 982 g/mol. The molecule has 5 amide bonds. The number of anilines is 4. The van der Waals surface area contributed by atoms with Crippen LogP contribution in [0.1, 0.15) is 82.1 Å². The Kier molecular flexibility index (Phi) is 19.1. The largest absolute Gasteiger partial charge is 0.388 e. The summed E-state index contributed by atoms with van der Waals surface area (Å²) in [5, 5.41) is 23.6. The minimum absolute atomic E-state index is 0.106. The van der Waals surface area contributed by atoms with Gasteiger partial charge in [-0.2, -0.15) is 0 Å². The van der Waals surface area contributed by atoms with Crippen molar-refractivity contribution in [3.8, 4) is 0 Å². The van der Waals surface area contributed by atoms with Gasteiger partial charge >= 0.3 is 6.03 Å². The highest BCUT2D eigenvalue weighted by molar-refractivity contribution is 8.04. The van der Waals surface area contributed by atoms with Crippen LogP contribution in [0, 0.1) is 0 Å². The summed E-state index contributed by atoms with van der Waals surface area (Å²) in [6.45, 7) is 0.930. The molecule has 70 heavy (non-hydrogen) atoms. The number of nitrogens with zero attached hydrogens (tertiary/aromatic N) is 2. The number of fused-ring (bicyclic) bond motifs is 2. The summed E-state index contributed by atoms with van der Waals surface area (Å²) < 4.78 is 9.98. The molecule has 0 bridgehead atoms. The van der Waals surface area contributed by atoms with Gasteiger partial charge in [0, 0.05) is 55.0 Å². The van der Waals surface area contributed by atoms with Crippen LogP contribution >= 0.6 is 23.5 Å². The Bertz CT molecular complexity index is 2870. The Labute approximate surface area is 409 Å². The maximum atomic E-state index is 13.0. The van der Waals surface area contributed by atoms with E-state index in [0.717, 1.165) is 18.5 Å². The molecule has 6 N–H and O–H groups in total. The summed E-state index contributed by atoms with van der Waals surface area (Å²) in [5.74, 6) is -2.62. The molecule has 0 atom stereocenters. The Morgan fingerprint density at radius 3 is 1.37 bits per heavy atom. The summed E-state index contributed by atoms with van der Waals surface area (Å²) in [7, 11) is 1.91. The quantitative estimate of drug-likeness (QED) is 0.0349. The molecule has 0 saturated heterocycles. The fraction of sp³-hybridized carbons (Fsp3) is 0.160. The van der Waals surface area contributed by atoms with Crippen molar-refractivity contribution in [1.29, 1.82) is 0 Å². The molecule has 0 saturated carbocycles. The van der Waals surface area contributed by atoms with Crippen molar-refractivity contribution < 1.29 is 47.4 Å². The summed E-state index contributed by atoms with van der Waals surface area (Å²) >= 11 is 2.41. The van der Waals surface area contributed by atoms with Crippen LogP contribution < -0.4 is 31.9 Å². The van der Waals surface area contributed by atoms with Gasteiger partial charge in [-0.05, 0) is 79.3 Å². The van der Waals surface area contributed by atoms with E-state index in [1.165, 1.54) is 35.7 Å². The lowest BCUT2D eigenvalue weighted by Gasteiger charge is -2.11. The van der Waals surface area contributed by atoms with Gasteiger partial charge in [-0.3, -0.25) is 33.6 Å². The van der Waals surface area contributed by atoms with E-state index in [-0.39, 0.29) is 49.9 Å². The van der Waals surface area contributed by atoms with Gasteiger partial charge in [0.25, 0.3) is 11.8 Å². The molecule has 18 nitrogen and oxygen atoms in total. The number of urea groups is 1. The molecule has 4 aromatic carbocycles. The Balaban J connectivity index is 0.000000200. The van der Waals surface area contributed by atoms with Gasteiger partial charge in [-0.1, -0.05) is 83.1 Å². The average molecular weight is 983 g/mol. The predicted octanol–water partition coefficient (Wildman–Crippen LogP) is 8.31. The molecular formula is C50H46N8O10S2. The number of para-hydroxylation sites is 4. The molecule has 2 aromatic heterocycles. The van der Waals surface area contributed by atoms with Gasteiger partial charge in [-0.15, -0.1) is 23.5 Å². The standard InChI is InChI=1S/C24H20N4O5S.C19H17N3O5S.C7H9N/c29-17-14-18(34-13-7-12-25-24(32)27-16-10-5-2-6-11-16)21(30)19-20(28-33-22(17)19)23(31)26-15-8-3-1-4-9-15;23-11-20-8-4-5-9-28-14-10-13(24)18-15(17(14)25)16(22-27-18)19(26)21-12-6-2-1-3-7-12;1-8-7-5-3-2-4-6-7/h1-6,8-11,14H,7,12-13H2,(H,26,31)(H2,25,27,32);1-3,6-7,10-11H,4-5,8-9H2,(H,20,23)(H,21,26);2-6,8H,1H3. The molecule has 0 fully saturated rings. The van der Waals surface area contributed by atoms with E-state index < -0.39 is 34.9 Å². The van der Waals surface area contributed by atoms with Gasteiger partial charge < -0.3 is 40.9 Å². The van der Waals surface area contributed by atoms with Crippen molar-refractivity contribution in [2.45, 2.75) is 19.3 Å². The molecule has 2 aliphatic rings. The Hall–Kier alpha value is -8.36. The maximum absolute atomic E-state index is 13.0. The third-order valence-corrected chi connectivity index (χ3v) is 12.0. The van der Waals surface area contributed by atoms with Gasteiger partial charge in [0.15, 0.2) is 11.4 Å². The predicted molar refractivity (Wildman–Crippen MR) is 268 cm³/mol. The Morgan fingerprint density at radius 2 is 0.957 bits per heavy atom. The number of unbranched alkanes of at least 4 members (excludes halogenated alkanes) is 1. The van der Waals surface area contributed by atoms with E-state index in [0.29, 0.717) is 54.5 Å². The topological polar surface area (TPSA) is 261 Å². The van der Waals surface area contributed by atoms with Crippen LogP contribution in [0.25, 0.3) is 0 Å². The summed E-state index contributed by atoms with van der Waals surface area (Å²) in [4.78, 5) is 98.1. The molecule has 0 spiro atoms. The number of allylic oxidation sites excluding steroid dienone is 4. The van der Waals surface area contributed by atoms with Gasteiger partial charge in [0.2, 0.25) is 41.1 Å². The second kappa shape index (κ2) is 26.3. The van der Waals surface area contributed by atoms with Crippen LogP contribution in [0.5, 0.6) is 0 Å². The number of thioether (sulfide) groups is 2. The van der Waals surface area contributed by atoms with Crippen molar-refractivity contribution in [2.75, 3.05) is 52.9 Å². The van der Waals surface area contributed by atoms with Crippen LogP contribution in [0.15, 0.2) is 152 Å². The lowest BCUT2D eigenvalue weighted by atomic mass is 9.99. The number of Topliss-reactive ketones (excluding diaryl/α,β-unsaturated/α-hetero) is 2. The van der Waals surface area contributed by atoms with Crippen LogP contribution in [-0.4, -0.2) is 89.3 Å². The van der Waals surface area contributed by atoms with E-state index in [4.69, 9.17) is 9.05 Å². The third kappa shape index (κ3) is 14.3. The zero-order valence-electron chi connectivity index (χ0n) is 37.5. The summed E-state index contributed by atoms with van der Waals surface area (Å²) in [6, 6.07) is 36.2. The molecule has 0 radical (unpaired) electrons. The lowest BCUT2D eigenvalue weighted by molar-refractivity contribution is -0.109. The minimum Gasteiger partial charge on any atom is -0.388 e. The van der Waals surface area contributed by atoms with E-state index in [2.05, 4.69) is 42.2 Å². The minimum atomic E-state index is -0.641. The molecule has 2 aliphatic carbocycles. The van der Waals surface area contributed by atoms with Gasteiger partial charge in [0.05, 0.1) is 9.81 Å². The van der Waals surface area contributed by atoms with Crippen molar-refractivity contribution in [1.82, 2.24) is 20.9 Å². The number of carbonyl (C=O) groups excluding carboxylic acids is 8. The molecule has 6 aromatic rings. The van der Waals surface area contributed by atoms with E-state index >= 15 is 0 Å². The molecule has 0 unspecified atom stereocenters. The van der Waals surface area contributed by atoms with Crippen molar-refractivity contribution >= 4 is 93.7 Å². The number of hydrogen-bond acceptors (Lipinski definition) is 15. The second-order valence-electron chi connectivity index (χ2n) is 14.7. The number of benzene rings is 4. The molecule has 8 rings (SSSR count). The zero-order chi connectivity index (χ0) is 49.7. The number of rotatable bonds is 18. The normalized spacial score (nSPS) is 12.2. The average Bonchev–Trinajstić information content (AvgIpc) is 4.05.